The van der Waals surface area contributed by atoms with Gasteiger partial charge in [-0.05, 0) is 63.2 Å². The molecule has 0 N–H and O–H groups in total. The van der Waals surface area contributed by atoms with Gasteiger partial charge in [0.1, 0.15) is 11.2 Å². The summed E-state index contributed by atoms with van der Waals surface area (Å²) in [6, 6.07) is 73.1. The van der Waals surface area contributed by atoms with Crippen LogP contribution in [0.5, 0.6) is 0 Å². The Morgan fingerprint density at radius 2 is 0.714 bits per heavy atom. The van der Waals surface area contributed by atoms with Gasteiger partial charge in [0, 0.05) is 39.1 Å². The molecule has 0 aliphatic heterocycles. The van der Waals surface area contributed by atoms with Crippen LogP contribution in [0.1, 0.15) is 0 Å². The summed E-state index contributed by atoms with van der Waals surface area (Å²) in [5.41, 5.74) is 16.8. The molecule has 12 aromatic rings. The highest BCUT2D eigenvalue weighted by Crippen LogP contribution is 2.35. The average Bonchev–Trinajstić information content (AvgIpc) is 3.72. The Labute approximate surface area is 362 Å². The van der Waals surface area contributed by atoms with Gasteiger partial charge in [0.25, 0.3) is 0 Å². The lowest BCUT2D eigenvalue weighted by Gasteiger charge is -2.11. The van der Waals surface area contributed by atoms with Crippen molar-refractivity contribution in [3.63, 3.8) is 0 Å². The van der Waals surface area contributed by atoms with E-state index in [-0.39, 0.29) is 0 Å². The Morgan fingerprint density at radius 1 is 0.254 bits per heavy atom. The predicted octanol–water partition coefficient (Wildman–Crippen LogP) is 14.5. The Balaban J connectivity index is 0.834. The van der Waals surface area contributed by atoms with Crippen LogP contribution in [0.2, 0.25) is 0 Å². The lowest BCUT2D eigenvalue weighted by Crippen LogP contribution is -2.00. The molecular formula is C57H35N5O. The maximum Gasteiger partial charge on any atom is 0.164 e. The number of para-hydroxylation sites is 2. The fourth-order valence-corrected chi connectivity index (χ4v) is 8.48. The minimum absolute atomic E-state index is 0.626. The van der Waals surface area contributed by atoms with Crippen molar-refractivity contribution in [2.24, 2.45) is 0 Å². The van der Waals surface area contributed by atoms with E-state index in [1.807, 2.05) is 72.8 Å². The molecule has 0 aliphatic rings. The molecule has 0 amide bonds. The van der Waals surface area contributed by atoms with Crippen LogP contribution in [0.4, 0.5) is 0 Å². The zero-order valence-corrected chi connectivity index (χ0v) is 33.9. The second-order valence-electron chi connectivity index (χ2n) is 15.7. The summed E-state index contributed by atoms with van der Waals surface area (Å²) in [6.07, 6.45) is 0. The van der Waals surface area contributed by atoms with Gasteiger partial charge in [-0.3, -0.25) is 0 Å². The van der Waals surface area contributed by atoms with Crippen LogP contribution >= 0.6 is 0 Å². The summed E-state index contributed by atoms with van der Waals surface area (Å²) in [5, 5.41) is 2.12. The zero-order valence-electron chi connectivity index (χ0n) is 33.9. The molecule has 0 bridgehead atoms. The number of benzene rings is 9. The second-order valence-corrected chi connectivity index (χ2v) is 15.7. The number of rotatable bonds is 7. The smallest absolute Gasteiger partial charge is 0.164 e. The third-order valence-corrected chi connectivity index (χ3v) is 11.7. The minimum atomic E-state index is 0.626. The van der Waals surface area contributed by atoms with E-state index in [2.05, 4.69) is 140 Å². The Bertz CT molecular complexity index is 3640. The molecule has 0 aliphatic carbocycles. The molecule has 0 unspecified atom stereocenters. The van der Waals surface area contributed by atoms with Gasteiger partial charge in [-0.1, -0.05) is 182 Å². The van der Waals surface area contributed by atoms with Crippen molar-refractivity contribution >= 4 is 44.0 Å². The van der Waals surface area contributed by atoms with Gasteiger partial charge in [-0.25, -0.2) is 24.9 Å². The van der Waals surface area contributed by atoms with Crippen molar-refractivity contribution in [3.8, 4) is 78.7 Å². The van der Waals surface area contributed by atoms with E-state index in [1.165, 1.54) is 5.56 Å². The van der Waals surface area contributed by atoms with Gasteiger partial charge in [-0.15, -0.1) is 0 Å². The SMILES string of the molecule is c1ccc(-c2ccc(-c3nc(-c4ccccc4)nc(-c4ccc(-c5cccc(-c6ccc(-c7cccc8nc9cc%10oc%11ccccc%11c%10cc9nc78)cc6)c5)cc4)n3)cc2)cc1. The van der Waals surface area contributed by atoms with Gasteiger partial charge < -0.3 is 4.42 Å². The molecule has 0 saturated carbocycles. The minimum Gasteiger partial charge on any atom is -0.456 e. The molecule has 0 fully saturated rings. The normalized spacial score (nSPS) is 11.5. The molecule has 9 aromatic carbocycles. The van der Waals surface area contributed by atoms with E-state index in [1.54, 1.807) is 0 Å². The summed E-state index contributed by atoms with van der Waals surface area (Å²) in [5.74, 6) is 1.89. The number of hydrogen-bond acceptors (Lipinski definition) is 6. The Morgan fingerprint density at radius 3 is 1.35 bits per heavy atom. The zero-order chi connectivity index (χ0) is 41.7. The summed E-state index contributed by atoms with van der Waals surface area (Å²) >= 11 is 0. The standard InChI is InChI=1S/C57H35N5O/c1-3-11-36(12-4-1)37-23-29-42(30-24-37)56-60-55(41-13-5-2-6-14-41)61-57(62-56)43-31-25-39(26-32-43)45-16-9-15-44(33-45)38-21-27-40(28-22-38)46-18-10-19-49-54(46)59-50-34-48-47-17-7-8-20-52(47)63-53(48)35-51(50)58-49/h1-35H. The van der Waals surface area contributed by atoms with Gasteiger partial charge in [0.05, 0.1) is 22.1 Å². The highest BCUT2D eigenvalue weighted by molar-refractivity contribution is 6.10. The van der Waals surface area contributed by atoms with Crippen molar-refractivity contribution in [3.05, 3.63) is 212 Å². The quantitative estimate of drug-likeness (QED) is 0.149. The number of furan rings is 1. The molecular weight excluding hydrogens is 771 g/mol. The summed E-state index contributed by atoms with van der Waals surface area (Å²) in [7, 11) is 0. The van der Waals surface area contributed by atoms with E-state index < -0.39 is 0 Å². The maximum absolute atomic E-state index is 6.14. The largest absolute Gasteiger partial charge is 0.456 e. The highest BCUT2D eigenvalue weighted by atomic mass is 16.3. The fourth-order valence-electron chi connectivity index (χ4n) is 8.48. The second kappa shape index (κ2) is 15.1. The number of aromatic nitrogens is 5. The molecule has 0 saturated heterocycles. The van der Waals surface area contributed by atoms with Crippen molar-refractivity contribution in [1.82, 2.24) is 24.9 Å². The monoisotopic (exact) mass is 805 g/mol. The highest BCUT2D eigenvalue weighted by Gasteiger charge is 2.15. The lowest BCUT2D eigenvalue weighted by atomic mass is 9.96. The van der Waals surface area contributed by atoms with Gasteiger partial charge in [-0.2, -0.15) is 0 Å². The molecule has 0 spiro atoms. The van der Waals surface area contributed by atoms with Gasteiger partial charge in [0.15, 0.2) is 17.5 Å². The lowest BCUT2D eigenvalue weighted by molar-refractivity contribution is 0.669. The third-order valence-electron chi connectivity index (χ3n) is 11.7. The summed E-state index contributed by atoms with van der Waals surface area (Å²) < 4.78 is 6.14. The van der Waals surface area contributed by atoms with Crippen molar-refractivity contribution in [2.45, 2.75) is 0 Å². The van der Waals surface area contributed by atoms with Crippen LogP contribution in [0.15, 0.2) is 217 Å². The topological polar surface area (TPSA) is 77.6 Å². The van der Waals surface area contributed by atoms with Gasteiger partial charge >= 0.3 is 0 Å². The van der Waals surface area contributed by atoms with Crippen molar-refractivity contribution in [2.75, 3.05) is 0 Å². The van der Waals surface area contributed by atoms with Crippen LogP contribution in [-0.2, 0) is 0 Å². The number of nitrogens with zero attached hydrogens (tertiary/aromatic N) is 5. The molecule has 63 heavy (non-hydrogen) atoms. The van der Waals surface area contributed by atoms with Crippen LogP contribution in [-0.4, -0.2) is 24.9 Å². The van der Waals surface area contributed by atoms with E-state index in [0.717, 1.165) is 99.6 Å². The molecule has 0 atom stereocenters. The first kappa shape index (κ1) is 36.3. The number of hydrogen-bond donors (Lipinski definition) is 0. The Kier molecular flexibility index (Phi) is 8.71. The summed E-state index contributed by atoms with van der Waals surface area (Å²) in [4.78, 5) is 25.1. The molecule has 0 radical (unpaired) electrons. The molecule has 12 rings (SSSR count). The van der Waals surface area contributed by atoms with Crippen molar-refractivity contribution < 1.29 is 4.42 Å². The van der Waals surface area contributed by atoms with Crippen LogP contribution in [0.25, 0.3) is 123 Å². The van der Waals surface area contributed by atoms with Crippen LogP contribution in [0, 0.1) is 0 Å². The third kappa shape index (κ3) is 6.76. The first-order chi connectivity index (χ1) is 31.2. The van der Waals surface area contributed by atoms with E-state index in [0.29, 0.717) is 17.5 Å². The summed E-state index contributed by atoms with van der Waals surface area (Å²) in [6.45, 7) is 0. The fraction of sp³-hybridized carbons (Fsp3) is 0. The van der Waals surface area contributed by atoms with Crippen molar-refractivity contribution in [1.29, 1.82) is 0 Å². The van der Waals surface area contributed by atoms with Crippen LogP contribution in [0.3, 0.4) is 0 Å². The Hall–Kier alpha value is -8.61. The number of fused-ring (bicyclic) bond motifs is 5. The molecule has 3 aromatic heterocycles. The molecule has 6 nitrogen and oxygen atoms in total. The van der Waals surface area contributed by atoms with Crippen LogP contribution < -0.4 is 0 Å². The maximum atomic E-state index is 6.14. The van der Waals surface area contributed by atoms with E-state index in [9.17, 15) is 0 Å². The first-order valence-electron chi connectivity index (χ1n) is 21.0. The average molecular weight is 806 g/mol. The van der Waals surface area contributed by atoms with Gasteiger partial charge in [0.2, 0.25) is 0 Å². The molecule has 294 valence electrons. The van der Waals surface area contributed by atoms with E-state index >= 15 is 0 Å². The molecule has 3 heterocycles. The first-order valence-corrected chi connectivity index (χ1v) is 21.0. The molecule has 6 heteroatoms. The van der Waals surface area contributed by atoms with E-state index in [4.69, 9.17) is 29.3 Å². The predicted molar refractivity (Wildman–Crippen MR) is 256 cm³/mol.